The molecule has 0 radical (unpaired) electrons. The maximum Gasteiger partial charge on any atom is 0.113 e. The molecule has 0 nitrogen and oxygen atoms in total. The standard InChI is InChI=1S/C65H52Si/c1-37-13-10-19-46-47-21-12-23-49-51(31-32-54(61(37)46)63(47)49)64-53-28-27-41(40-26-25-38-14-4-5-15-39(38)33-40)34-56(53)65(58-36-60-55(35-57(58)64)44-18-8-9-24-59(44)66(60,2)3)52-30-29-50-43-17-7-6-16-42(43)45-20-11-22-48(52)62(45)50/h5-12,15-28,31-37,48,52,57,64H,4,13-14,29-30H2,1-3H3. The van der Waals surface area contributed by atoms with Gasteiger partial charge in [0.1, 0.15) is 8.07 Å². The fraction of sp³-hybridized carbons (Fsp3) is 0.200. The van der Waals surface area contributed by atoms with E-state index in [9.17, 15) is 0 Å². The number of hydrogen-bond acceptors (Lipinski definition) is 0. The van der Waals surface area contributed by atoms with E-state index in [1.165, 1.54) is 94.3 Å². The molecule has 8 aliphatic carbocycles. The van der Waals surface area contributed by atoms with E-state index in [0.29, 0.717) is 17.8 Å². The first kappa shape index (κ1) is 37.7. The second kappa shape index (κ2) is 13.5. The van der Waals surface area contributed by atoms with Crippen molar-refractivity contribution in [1.29, 1.82) is 0 Å². The van der Waals surface area contributed by atoms with Gasteiger partial charge >= 0.3 is 0 Å². The molecule has 1 heterocycles. The number of allylic oxidation sites excluding steroid dienone is 17. The minimum Gasteiger partial charge on any atom is -0.0836 e. The molecule has 0 saturated heterocycles. The molecule has 0 fully saturated rings. The van der Waals surface area contributed by atoms with Crippen molar-refractivity contribution in [3.05, 3.63) is 236 Å². The van der Waals surface area contributed by atoms with Gasteiger partial charge < -0.3 is 0 Å². The summed E-state index contributed by atoms with van der Waals surface area (Å²) in [5.41, 5.74) is 29.5. The summed E-state index contributed by atoms with van der Waals surface area (Å²) in [6.07, 6.45) is 28.1. The largest absolute Gasteiger partial charge is 0.113 e. The number of benzene rings is 6. The van der Waals surface area contributed by atoms with Gasteiger partial charge in [0.25, 0.3) is 0 Å². The van der Waals surface area contributed by atoms with E-state index in [1.807, 2.05) is 0 Å². The van der Waals surface area contributed by atoms with Gasteiger partial charge in [-0.25, -0.2) is 0 Å². The highest BCUT2D eigenvalue weighted by molar-refractivity contribution is 7.00. The van der Waals surface area contributed by atoms with Crippen LogP contribution in [0.15, 0.2) is 180 Å². The van der Waals surface area contributed by atoms with Crippen LogP contribution in [-0.2, 0) is 6.42 Å². The van der Waals surface area contributed by atoms with Crippen molar-refractivity contribution in [3.63, 3.8) is 0 Å². The number of hydrogen-bond donors (Lipinski definition) is 0. The van der Waals surface area contributed by atoms with Gasteiger partial charge in [-0.1, -0.05) is 178 Å². The van der Waals surface area contributed by atoms with Gasteiger partial charge in [0.2, 0.25) is 0 Å². The highest BCUT2D eigenvalue weighted by Crippen LogP contribution is 2.62. The number of fused-ring (bicyclic) bond motifs is 11. The molecule has 0 bridgehead atoms. The van der Waals surface area contributed by atoms with Crippen LogP contribution >= 0.6 is 0 Å². The van der Waals surface area contributed by atoms with E-state index in [1.54, 1.807) is 38.2 Å². The molecule has 0 aromatic heterocycles. The van der Waals surface area contributed by atoms with Crippen molar-refractivity contribution < 1.29 is 0 Å². The fourth-order valence-corrected chi connectivity index (χ4v) is 17.9. The van der Waals surface area contributed by atoms with Crippen LogP contribution in [0.5, 0.6) is 0 Å². The Balaban J connectivity index is 1.01. The van der Waals surface area contributed by atoms with Gasteiger partial charge in [-0.3, -0.25) is 0 Å². The molecule has 5 atom stereocenters. The third-order valence-electron chi connectivity index (χ3n) is 17.7. The average molecular weight is 861 g/mol. The predicted molar refractivity (Wildman–Crippen MR) is 281 cm³/mol. The monoisotopic (exact) mass is 860 g/mol. The molecule has 66 heavy (non-hydrogen) atoms. The molecule has 6 aromatic rings. The molecule has 5 unspecified atom stereocenters. The Morgan fingerprint density at radius 2 is 1.44 bits per heavy atom. The Hall–Kier alpha value is -6.54. The van der Waals surface area contributed by atoms with Crippen LogP contribution < -0.4 is 5.19 Å². The van der Waals surface area contributed by atoms with Gasteiger partial charge in [-0.05, 0) is 189 Å². The third-order valence-corrected chi connectivity index (χ3v) is 21.2. The molecule has 0 amide bonds. The zero-order valence-corrected chi connectivity index (χ0v) is 39.1. The summed E-state index contributed by atoms with van der Waals surface area (Å²) in [5, 5.41) is 6.11. The van der Waals surface area contributed by atoms with Crippen molar-refractivity contribution in [2.75, 3.05) is 0 Å². The van der Waals surface area contributed by atoms with Crippen molar-refractivity contribution in [2.45, 2.75) is 58.0 Å². The summed E-state index contributed by atoms with van der Waals surface area (Å²) >= 11 is 0. The molecule has 0 saturated carbocycles. The Kier molecular flexibility index (Phi) is 7.72. The normalized spacial score (nSPS) is 25.1. The first-order valence-corrected chi connectivity index (χ1v) is 27.8. The van der Waals surface area contributed by atoms with E-state index in [0.717, 1.165) is 32.1 Å². The minimum absolute atomic E-state index is 0.156. The second-order valence-corrected chi connectivity index (χ2v) is 25.5. The summed E-state index contributed by atoms with van der Waals surface area (Å²) in [5.74, 6) is 1.55. The highest BCUT2D eigenvalue weighted by atomic mass is 28.3. The van der Waals surface area contributed by atoms with Gasteiger partial charge in [0, 0.05) is 17.8 Å². The molecule has 1 heteroatoms. The van der Waals surface area contributed by atoms with E-state index < -0.39 is 8.07 Å². The summed E-state index contributed by atoms with van der Waals surface area (Å²) < 4.78 is 0. The summed E-state index contributed by atoms with van der Waals surface area (Å²) in [6.45, 7) is 7.64. The molecular formula is C65H52Si. The molecule has 0 N–H and O–H groups in total. The lowest BCUT2D eigenvalue weighted by molar-refractivity contribution is 0.494. The Labute approximate surface area is 390 Å². The lowest BCUT2D eigenvalue weighted by Crippen LogP contribution is -2.40. The lowest BCUT2D eigenvalue weighted by Gasteiger charge is -2.44. The topological polar surface area (TPSA) is 0 Å². The number of aryl methyl sites for hydroxylation is 1. The van der Waals surface area contributed by atoms with Crippen LogP contribution in [0.3, 0.4) is 0 Å². The van der Waals surface area contributed by atoms with Crippen LogP contribution in [0.4, 0.5) is 0 Å². The lowest BCUT2D eigenvalue weighted by atomic mass is 9.60. The quantitative estimate of drug-likeness (QED) is 0.156. The molecule has 6 aromatic carbocycles. The molecule has 15 rings (SSSR count). The summed E-state index contributed by atoms with van der Waals surface area (Å²) in [6, 6.07) is 45.9. The summed E-state index contributed by atoms with van der Waals surface area (Å²) in [7, 11) is -2.01. The van der Waals surface area contributed by atoms with Gasteiger partial charge in [-0.2, -0.15) is 0 Å². The van der Waals surface area contributed by atoms with Crippen LogP contribution in [-0.4, -0.2) is 8.07 Å². The van der Waals surface area contributed by atoms with Crippen LogP contribution in [0.25, 0.3) is 61.4 Å². The van der Waals surface area contributed by atoms with E-state index in [2.05, 4.69) is 190 Å². The zero-order valence-electron chi connectivity index (χ0n) is 38.1. The van der Waals surface area contributed by atoms with Crippen molar-refractivity contribution in [3.8, 4) is 11.1 Å². The van der Waals surface area contributed by atoms with E-state index in [4.69, 9.17) is 0 Å². The predicted octanol–water partition coefficient (Wildman–Crippen LogP) is 15.7. The SMILES string of the molecule is CC1CC=CC2=C1c1ccc(C3c4ccc(-c5ccc6c(c5)C=CCC6)cc4C(C4CCC5=C6C(=CC=CC64)c4ccccc45)=C4C=C5C(=CC43)c3ccccc3[Si]5(C)C)c3cccc2c13. The van der Waals surface area contributed by atoms with Crippen molar-refractivity contribution >= 4 is 63.5 Å². The van der Waals surface area contributed by atoms with Gasteiger partial charge in [0.15, 0.2) is 0 Å². The van der Waals surface area contributed by atoms with E-state index >= 15 is 0 Å². The highest BCUT2D eigenvalue weighted by Gasteiger charge is 2.49. The minimum atomic E-state index is -2.01. The smallest absolute Gasteiger partial charge is 0.0836 e. The van der Waals surface area contributed by atoms with E-state index in [-0.39, 0.29) is 11.8 Å². The van der Waals surface area contributed by atoms with Crippen LogP contribution in [0, 0.1) is 23.7 Å². The molecular weight excluding hydrogens is 809 g/mol. The Morgan fingerprint density at radius 1 is 0.621 bits per heavy atom. The maximum atomic E-state index is 2.80. The zero-order chi connectivity index (χ0) is 43.6. The number of rotatable bonds is 3. The average Bonchev–Trinajstić information content (AvgIpc) is 3.95. The first-order valence-electron chi connectivity index (χ1n) is 24.8. The van der Waals surface area contributed by atoms with Crippen LogP contribution in [0.2, 0.25) is 13.1 Å². The van der Waals surface area contributed by atoms with Crippen molar-refractivity contribution in [1.82, 2.24) is 0 Å². The molecule has 9 aliphatic rings. The summed E-state index contributed by atoms with van der Waals surface area (Å²) in [4.78, 5) is 0. The molecule has 1 aliphatic heterocycles. The maximum absolute atomic E-state index is 2.80. The molecule has 316 valence electrons. The first-order chi connectivity index (χ1) is 32.4. The van der Waals surface area contributed by atoms with Gasteiger partial charge in [0.05, 0.1) is 0 Å². The van der Waals surface area contributed by atoms with Crippen LogP contribution in [0.1, 0.15) is 94.2 Å². The van der Waals surface area contributed by atoms with Gasteiger partial charge in [-0.15, -0.1) is 0 Å². The third kappa shape index (κ3) is 4.94. The van der Waals surface area contributed by atoms with Crippen molar-refractivity contribution in [2.24, 2.45) is 23.7 Å². The fourth-order valence-electron chi connectivity index (χ4n) is 14.8. The Bertz CT molecular complexity index is 3560. The Morgan fingerprint density at radius 3 is 2.36 bits per heavy atom. The molecule has 0 spiro atoms. The second-order valence-electron chi connectivity index (χ2n) is 21.2.